The molecule has 1 aromatic carbocycles. The predicted molar refractivity (Wildman–Crippen MR) is 462 cm³/mol. The number of aromatic amines is 2. The van der Waals surface area contributed by atoms with Gasteiger partial charge >= 0.3 is 5.97 Å². The predicted octanol–water partition coefficient (Wildman–Crippen LogP) is -3.79. The van der Waals surface area contributed by atoms with Crippen molar-refractivity contribution in [3.63, 3.8) is 0 Å². The van der Waals surface area contributed by atoms with E-state index in [9.17, 15) is 72.2 Å². The van der Waals surface area contributed by atoms with Crippen LogP contribution in [0, 0.1) is 17.8 Å². The molecule has 684 valence electrons. The topological polar surface area (TPSA) is 719 Å². The second kappa shape index (κ2) is 56.5. The highest BCUT2D eigenvalue weighted by Gasteiger charge is 2.38. The second-order valence-electron chi connectivity index (χ2n) is 32.0. The van der Waals surface area contributed by atoms with Crippen molar-refractivity contribution < 1.29 is 72.2 Å². The summed E-state index contributed by atoms with van der Waals surface area (Å²) in [6.45, 7) is 15.9. The van der Waals surface area contributed by atoms with Crippen LogP contribution in [0.15, 0.2) is 53.0 Å². The van der Waals surface area contributed by atoms with E-state index in [-0.39, 0.29) is 133 Å². The summed E-state index contributed by atoms with van der Waals surface area (Å²) in [6, 6.07) is -11.0. The van der Waals surface area contributed by atoms with Gasteiger partial charge in [0.15, 0.2) is 11.9 Å². The number of carbonyl (C=O) groups excluding carboxylic acids is 13. The van der Waals surface area contributed by atoms with Gasteiger partial charge in [0.2, 0.25) is 76.8 Å². The van der Waals surface area contributed by atoms with Crippen LogP contribution in [0.2, 0.25) is 0 Å². The van der Waals surface area contributed by atoms with Crippen molar-refractivity contribution in [3.05, 3.63) is 54.2 Å². The van der Waals surface area contributed by atoms with E-state index in [1.807, 2.05) is 24.3 Å². The highest BCUT2D eigenvalue weighted by molar-refractivity contribution is 6.00. The van der Waals surface area contributed by atoms with Crippen LogP contribution in [0.3, 0.4) is 0 Å². The summed E-state index contributed by atoms with van der Waals surface area (Å²) in [5, 5.41) is 45.4. The summed E-state index contributed by atoms with van der Waals surface area (Å²) < 4.78 is 0. The number of hydrogen-bond acceptors (Lipinski definition) is 22. The fourth-order valence-corrected chi connectivity index (χ4v) is 13.1. The number of carboxylic acids is 1. The Morgan fingerprint density at radius 3 is 1.07 bits per heavy atom. The molecule has 0 radical (unpaired) electrons. The molecule has 0 saturated heterocycles. The zero-order valence-electron chi connectivity index (χ0n) is 72.1. The van der Waals surface area contributed by atoms with Crippen molar-refractivity contribution in [2.45, 2.75) is 282 Å². The Morgan fingerprint density at radius 1 is 0.369 bits per heavy atom. The Labute approximate surface area is 713 Å². The molecule has 0 aliphatic heterocycles. The minimum absolute atomic E-state index is 0.00155. The molecule has 0 fully saturated rings. The third-order valence-corrected chi connectivity index (χ3v) is 19.8. The molecule has 0 saturated carbocycles. The SMILES string of the molecule is CC(C)C[C@H](NC(=O)[C@H](C)NC(=O)[C@H](CCCN=C(N)N)NC(=O)[C@H](CC(C)C)NC(=O)[C@H](C)NC(=O)[C@H](CCCCN)NC(=O)[C@H](CCCCN)NC(=O)[C@H](Cc1c[nH]c2ccccc12)NC(=O)[C@@H](N)CCCCN)C(=O)N[C@@H](C)C(=O)N[C@@H](CCCN=C(N)N)C(=O)N[C@@H](Cc1cnc[nH]1)C(=O)N[C@@H](CC(C)C)C(=O)N[C@@H](CCCCN)C(=O)O. The van der Waals surface area contributed by atoms with Gasteiger partial charge in [-0.3, -0.25) is 72.3 Å². The maximum atomic E-state index is 14.5. The number of para-hydroxylation sites is 1. The first kappa shape index (κ1) is 105. The van der Waals surface area contributed by atoms with Crippen molar-refractivity contribution in [2.24, 2.45) is 79.3 Å². The van der Waals surface area contributed by atoms with Crippen molar-refractivity contribution in [1.82, 2.24) is 84.1 Å². The number of nitrogens with two attached hydrogens (primary N) is 9. The Morgan fingerprint density at radius 2 is 0.680 bits per heavy atom. The standard InChI is InChI=1S/C80H139N27O15/c1-44(2)36-60(73(116)97-47(7)65(108)98-58(29-21-35-92-80(88)89)72(115)107-64(40-51-42-90-43-94-51)77(120)106-62(38-46(5)6)75(118)102-59(78(121)122)27-15-19-33-84)103-66(109)48(8)96-70(113)57(28-20-34-91-79(86)87)101-74(117)61(37-45(3)4)104-67(110)49(9)95-69(112)55(25-13-17-31-82)99-71(114)56(26-14-18-32-83)100-76(119)63(105-68(111)53(85)23-12-16-30-81)39-50-41-93-54-24-11-10-22-52(50)54/h10-11,22,24,41-49,53,55-64,93H,12-21,23,25-40,81-85H2,1-9H3,(H,90,94)(H,95,112)(H,96,113)(H,97,116)(H,98,108)(H,99,114)(H,100,119)(H,101,117)(H,102,118)(H,103,109)(H,104,110)(H,105,111)(H,106,120)(H,107,115)(H,121,122)(H4,86,87,91)(H4,88,89,92)/t47-,48-,49-,53-,55-,56-,57-,58-,59-,60-,61-,62-,63-,64-/m0/s1. The Hall–Kier alpha value is -11.1. The quantitative estimate of drug-likeness (QED) is 0.0146. The summed E-state index contributed by atoms with van der Waals surface area (Å²) in [6.07, 6.45) is 8.59. The number of fused-ring (bicyclic) bond motifs is 1. The smallest absolute Gasteiger partial charge is 0.326 e. The monoisotopic (exact) mass is 1720 g/mol. The fourth-order valence-electron chi connectivity index (χ4n) is 13.1. The van der Waals surface area contributed by atoms with E-state index >= 15 is 0 Å². The van der Waals surface area contributed by atoms with Crippen LogP contribution < -0.4 is 121 Å². The van der Waals surface area contributed by atoms with Crippen molar-refractivity contribution in [2.75, 3.05) is 39.3 Å². The van der Waals surface area contributed by atoms with Gasteiger partial charge in [-0.25, -0.2) is 9.78 Å². The largest absolute Gasteiger partial charge is 0.480 e. The average Bonchev–Trinajstić information content (AvgIpc) is 1.65. The zero-order valence-corrected chi connectivity index (χ0v) is 72.1. The first-order chi connectivity index (χ1) is 57.8. The zero-order chi connectivity index (χ0) is 91.1. The van der Waals surface area contributed by atoms with E-state index in [1.54, 1.807) is 47.7 Å². The number of carbonyl (C=O) groups is 14. The summed E-state index contributed by atoms with van der Waals surface area (Å²) in [5.41, 5.74) is 53.5. The maximum absolute atomic E-state index is 14.5. The van der Waals surface area contributed by atoms with Gasteiger partial charge in [0, 0.05) is 54.9 Å². The van der Waals surface area contributed by atoms with Gasteiger partial charge in [0.1, 0.15) is 78.5 Å². The normalized spacial score (nSPS) is 14.8. The number of imidazole rings is 1. The number of guanidine groups is 2. The van der Waals surface area contributed by atoms with Crippen LogP contribution in [-0.4, -0.2) is 239 Å². The summed E-state index contributed by atoms with van der Waals surface area (Å²) in [5.74, 6) is -13.0. The highest BCUT2D eigenvalue weighted by Crippen LogP contribution is 2.21. The number of benzene rings is 1. The number of unbranched alkanes of at least 4 members (excludes halogenated alkanes) is 4. The molecule has 3 rings (SSSR count). The first-order valence-corrected chi connectivity index (χ1v) is 42.2. The minimum atomic E-state index is -1.43. The molecule has 42 nitrogen and oxygen atoms in total. The third-order valence-electron chi connectivity index (χ3n) is 19.8. The molecule has 3 aromatic rings. The molecule has 42 heteroatoms. The van der Waals surface area contributed by atoms with Crippen LogP contribution >= 0.6 is 0 Å². The first-order valence-electron chi connectivity index (χ1n) is 42.2. The van der Waals surface area contributed by atoms with Gasteiger partial charge in [-0.1, -0.05) is 66.2 Å². The molecule has 2 heterocycles. The Balaban J connectivity index is 1.86. The number of aliphatic carboxylic acids is 1. The Bertz CT molecular complexity index is 3870. The highest BCUT2D eigenvalue weighted by atomic mass is 16.4. The molecule has 0 aliphatic rings. The lowest BCUT2D eigenvalue weighted by atomic mass is 10.0. The molecule has 2 aromatic heterocycles. The van der Waals surface area contributed by atoms with Crippen LogP contribution in [-0.2, 0) is 80.0 Å². The van der Waals surface area contributed by atoms with Gasteiger partial charge in [-0.05, 0) is 192 Å². The van der Waals surface area contributed by atoms with Crippen LogP contribution in [0.25, 0.3) is 10.9 Å². The van der Waals surface area contributed by atoms with E-state index in [0.29, 0.717) is 82.1 Å². The van der Waals surface area contributed by atoms with E-state index in [2.05, 4.69) is 94.1 Å². The van der Waals surface area contributed by atoms with E-state index in [4.69, 9.17) is 51.6 Å². The number of aromatic nitrogens is 3. The number of hydrogen-bond donors (Lipinski definition) is 25. The molecule has 14 atom stereocenters. The summed E-state index contributed by atoms with van der Waals surface area (Å²) in [4.78, 5) is 216. The summed E-state index contributed by atoms with van der Waals surface area (Å²) in [7, 11) is 0. The Kier molecular flexibility index (Phi) is 48.6. The molecule has 0 unspecified atom stereocenters. The lowest BCUT2D eigenvalue weighted by Crippen LogP contribution is -2.60. The van der Waals surface area contributed by atoms with Crippen molar-refractivity contribution in [3.8, 4) is 0 Å². The maximum Gasteiger partial charge on any atom is 0.326 e. The van der Waals surface area contributed by atoms with E-state index in [0.717, 1.165) is 10.9 Å². The molecule has 13 amide bonds. The fraction of sp³-hybridized carbons (Fsp3) is 0.662. The van der Waals surface area contributed by atoms with Crippen molar-refractivity contribution in [1.29, 1.82) is 0 Å². The lowest BCUT2D eigenvalue weighted by molar-refractivity contribution is -0.142. The summed E-state index contributed by atoms with van der Waals surface area (Å²) >= 11 is 0. The number of H-pyrrole nitrogens is 2. The molecular weight excluding hydrogens is 1580 g/mol. The second-order valence-corrected chi connectivity index (χ2v) is 32.0. The van der Waals surface area contributed by atoms with Crippen LogP contribution in [0.5, 0.6) is 0 Å². The van der Waals surface area contributed by atoms with Gasteiger partial charge in [-0.15, -0.1) is 0 Å². The molecule has 0 bridgehead atoms. The van der Waals surface area contributed by atoms with Gasteiger partial charge < -0.3 is 136 Å². The van der Waals surface area contributed by atoms with Crippen LogP contribution in [0.4, 0.5) is 0 Å². The lowest BCUT2D eigenvalue weighted by Gasteiger charge is -2.28. The van der Waals surface area contributed by atoms with Crippen molar-refractivity contribution >= 4 is 106 Å². The van der Waals surface area contributed by atoms with Gasteiger partial charge in [-0.2, -0.15) is 0 Å². The number of nitrogens with zero attached hydrogens (tertiary/aromatic N) is 3. The van der Waals surface area contributed by atoms with E-state index in [1.165, 1.54) is 33.3 Å². The minimum Gasteiger partial charge on any atom is -0.480 e. The molecular formula is C80H139N27O15. The van der Waals surface area contributed by atoms with Gasteiger partial charge in [0.05, 0.1) is 12.4 Å². The number of aliphatic imine (C=N–C) groups is 2. The average molecular weight is 1720 g/mol. The number of carboxylic acid groups (broad SMARTS) is 1. The number of amides is 13. The van der Waals surface area contributed by atoms with E-state index < -0.39 is 167 Å². The molecule has 122 heavy (non-hydrogen) atoms. The molecule has 0 spiro atoms. The molecule has 34 N–H and O–H groups in total. The van der Waals surface area contributed by atoms with Gasteiger partial charge in [0.25, 0.3) is 0 Å². The number of nitrogens with one attached hydrogen (secondary N) is 15. The number of rotatable bonds is 61. The third kappa shape index (κ3) is 40.1. The van der Waals surface area contributed by atoms with Crippen LogP contribution in [0.1, 0.15) is 196 Å². The molecule has 0 aliphatic carbocycles.